The lowest BCUT2D eigenvalue weighted by Gasteiger charge is -2.16. The average molecular weight is 486 g/mol. The Kier molecular flexibility index (Phi) is 7.13. The van der Waals surface area contributed by atoms with Gasteiger partial charge in [-0.3, -0.25) is 14.3 Å². The molecule has 35 heavy (non-hydrogen) atoms. The molecule has 0 aliphatic carbocycles. The Balaban J connectivity index is 0.000000143. The van der Waals surface area contributed by atoms with E-state index in [4.69, 9.17) is 5.73 Å². The smallest absolute Gasteiger partial charge is 0.298 e. The highest BCUT2D eigenvalue weighted by Crippen LogP contribution is 2.26. The number of nitrogens with one attached hydrogen (secondary N) is 2. The van der Waals surface area contributed by atoms with Gasteiger partial charge in [-0.2, -0.15) is 0 Å². The molecule has 2 aliphatic heterocycles. The van der Waals surface area contributed by atoms with E-state index in [1.54, 1.807) is 32.6 Å². The summed E-state index contributed by atoms with van der Waals surface area (Å²) in [7, 11) is 0. The van der Waals surface area contributed by atoms with Crippen molar-refractivity contribution in [3.63, 3.8) is 0 Å². The number of aromatic nitrogens is 8. The predicted octanol–water partition coefficient (Wildman–Crippen LogP) is 1.43. The van der Waals surface area contributed by atoms with Crippen molar-refractivity contribution in [3.05, 3.63) is 51.6 Å². The van der Waals surface area contributed by atoms with E-state index >= 15 is 0 Å². The first kappa shape index (κ1) is 23.6. The van der Waals surface area contributed by atoms with Crippen LogP contribution in [0.5, 0.6) is 11.8 Å². The van der Waals surface area contributed by atoms with Crippen molar-refractivity contribution >= 4 is 17.6 Å². The zero-order chi connectivity index (χ0) is 24.8. The van der Waals surface area contributed by atoms with Crippen molar-refractivity contribution in [2.24, 2.45) is 10.2 Å². The lowest BCUT2D eigenvalue weighted by atomic mass is 10.3. The van der Waals surface area contributed by atoms with Gasteiger partial charge in [-0.05, 0) is 25.7 Å². The molecule has 0 saturated carbocycles. The number of azo groups is 1. The number of aromatic hydroxyl groups is 2. The molecule has 0 amide bonds. The molecule has 6 N–H and O–H groups in total. The zero-order valence-corrected chi connectivity index (χ0v) is 18.9. The van der Waals surface area contributed by atoms with Crippen LogP contribution in [-0.2, 0) is 26.2 Å². The van der Waals surface area contributed by atoms with Gasteiger partial charge in [0.05, 0.1) is 6.07 Å². The van der Waals surface area contributed by atoms with E-state index in [9.17, 15) is 19.8 Å². The summed E-state index contributed by atoms with van der Waals surface area (Å²) in [5, 5.41) is 26.7. The van der Waals surface area contributed by atoms with Crippen LogP contribution in [0.15, 0.2) is 50.7 Å². The normalized spacial score (nSPS) is 14.4. The fourth-order valence-electron chi connectivity index (χ4n) is 3.80. The SMILES string of the molecule is Nc1ncc[nH]1.O=c1c(N=Nc2ncc[nH]2)c(O)n2n1CCCC2.O=c1cc(O)n2n1CCCC2. The number of anilines is 1. The molecule has 0 aromatic carbocycles. The molecule has 186 valence electrons. The van der Waals surface area contributed by atoms with Crippen LogP contribution in [0.1, 0.15) is 25.7 Å². The van der Waals surface area contributed by atoms with E-state index in [-0.39, 0.29) is 28.6 Å². The van der Waals surface area contributed by atoms with E-state index in [0.717, 1.165) is 38.8 Å². The molecule has 0 atom stereocenters. The number of nitrogens with zero attached hydrogens (tertiary/aromatic N) is 8. The zero-order valence-electron chi connectivity index (χ0n) is 18.9. The van der Waals surface area contributed by atoms with Gasteiger partial charge in [0, 0.05) is 51.0 Å². The van der Waals surface area contributed by atoms with Crippen LogP contribution in [0.25, 0.3) is 0 Å². The van der Waals surface area contributed by atoms with Crippen molar-refractivity contribution in [1.82, 2.24) is 38.7 Å². The third-order valence-electron chi connectivity index (χ3n) is 5.48. The molecule has 4 aromatic heterocycles. The number of fused-ring (bicyclic) bond motifs is 2. The lowest BCUT2D eigenvalue weighted by molar-refractivity contribution is 0.305. The summed E-state index contributed by atoms with van der Waals surface area (Å²) in [6, 6.07) is 1.27. The van der Waals surface area contributed by atoms with Crippen LogP contribution in [0.3, 0.4) is 0 Å². The number of hydrogen-bond donors (Lipinski definition) is 5. The second-order valence-electron chi connectivity index (χ2n) is 7.81. The second kappa shape index (κ2) is 10.6. The van der Waals surface area contributed by atoms with E-state index in [1.165, 1.54) is 16.9 Å². The number of hydrogen-bond acceptors (Lipinski definition) is 9. The number of H-pyrrole nitrogens is 2. The molecule has 0 fully saturated rings. The minimum atomic E-state index is -0.317. The minimum absolute atomic E-state index is 0.0340. The van der Waals surface area contributed by atoms with Gasteiger partial charge >= 0.3 is 0 Å². The van der Waals surface area contributed by atoms with Gasteiger partial charge in [0.25, 0.3) is 11.1 Å². The van der Waals surface area contributed by atoms with E-state index < -0.39 is 0 Å². The fourth-order valence-corrected chi connectivity index (χ4v) is 3.80. The molecule has 0 unspecified atom stereocenters. The van der Waals surface area contributed by atoms with Crippen LogP contribution < -0.4 is 16.9 Å². The maximum Gasteiger partial charge on any atom is 0.298 e. The third kappa shape index (κ3) is 5.34. The molecule has 0 saturated heterocycles. The number of nitrogen functional groups attached to an aromatic ring is 1. The summed E-state index contributed by atoms with van der Waals surface area (Å²) in [6.07, 6.45) is 10.4. The summed E-state index contributed by atoms with van der Waals surface area (Å²) >= 11 is 0. The molecule has 15 heteroatoms. The molecule has 6 heterocycles. The molecule has 2 aliphatic rings. The highest BCUT2D eigenvalue weighted by Gasteiger charge is 2.21. The van der Waals surface area contributed by atoms with Crippen molar-refractivity contribution in [2.75, 3.05) is 5.73 Å². The second-order valence-corrected chi connectivity index (χ2v) is 7.81. The predicted molar refractivity (Wildman–Crippen MR) is 125 cm³/mol. The minimum Gasteiger partial charge on any atom is -0.493 e. The maximum atomic E-state index is 12.0. The molecule has 4 aromatic rings. The standard InChI is InChI=1S/C10H12N6O2.C7H10N2O2.C3H5N3/c17-8-7(13-14-10-11-3-4-12-10)9(18)16-6-2-1-5-15(8)16;10-6-5-7(11)9-4-2-1-3-8(6)9;4-3-5-1-2-6-3/h3-4,17H,1-2,5-6H2,(H,11,12);5,10H,1-4H2;1-2H,(H3,4,5,6). The number of imidazole rings is 2. The monoisotopic (exact) mass is 485 g/mol. The Morgan fingerprint density at radius 1 is 0.829 bits per heavy atom. The summed E-state index contributed by atoms with van der Waals surface area (Å²) in [4.78, 5) is 36.0. The summed E-state index contributed by atoms with van der Waals surface area (Å²) < 4.78 is 6.25. The van der Waals surface area contributed by atoms with Gasteiger partial charge in [-0.1, -0.05) is 0 Å². The van der Waals surface area contributed by atoms with E-state index in [2.05, 4.69) is 30.2 Å². The van der Waals surface area contributed by atoms with Gasteiger partial charge in [0.2, 0.25) is 23.4 Å². The molecule has 0 bridgehead atoms. The van der Waals surface area contributed by atoms with Gasteiger partial charge < -0.3 is 25.9 Å². The first-order chi connectivity index (χ1) is 17.0. The van der Waals surface area contributed by atoms with Crippen LogP contribution in [0, 0.1) is 0 Å². The lowest BCUT2D eigenvalue weighted by Crippen LogP contribution is -2.26. The number of aromatic amines is 2. The Bertz CT molecular complexity index is 1370. The van der Waals surface area contributed by atoms with Gasteiger partial charge in [-0.15, -0.1) is 10.2 Å². The van der Waals surface area contributed by atoms with E-state index in [1.807, 2.05) is 0 Å². The highest BCUT2D eigenvalue weighted by atomic mass is 16.3. The Labute approximate surface area is 198 Å². The third-order valence-corrected chi connectivity index (χ3v) is 5.48. The number of nitrogens with two attached hydrogens (primary N) is 1. The first-order valence-corrected chi connectivity index (χ1v) is 11.1. The van der Waals surface area contributed by atoms with Crippen molar-refractivity contribution in [1.29, 1.82) is 0 Å². The molecule has 6 rings (SSSR count). The van der Waals surface area contributed by atoms with Crippen LogP contribution >= 0.6 is 0 Å². The van der Waals surface area contributed by atoms with Crippen molar-refractivity contribution in [3.8, 4) is 11.8 Å². The first-order valence-electron chi connectivity index (χ1n) is 11.1. The van der Waals surface area contributed by atoms with E-state index in [0.29, 0.717) is 25.0 Å². The Morgan fingerprint density at radius 3 is 2.00 bits per heavy atom. The van der Waals surface area contributed by atoms with Crippen LogP contribution in [-0.4, -0.2) is 48.9 Å². The van der Waals surface area contributed by atoms with Crippen LogP contribution in [0.2, 0.25) is 0 Å². The Morgan fingerprint density at radius 2 is 1.46 bits per heavy atom. The summed E-state index contributed by atoms with van der Waals surface area (Å²) in [5.74, 6) is 0.725. The van der Waals surface area contributed by atoms with Gasteiger partial charge in [-0.25, -0.2) is 24.0 Å². The Hall–Kier alpha value is -4.56. The average Bonchev–Trinajstić information content (AvgIpc) is 3.66. The highest BCUT2D eigenvalue weighted by molar-refractivity contribution is 5.45. The van der Waals surface area contributed by atoms with Crippen LogP contribution in [0.4, 0.5) is 17.6 Å². The maximum absolute atomic E-state index is 12.0. The van der Waals surface area contributed by atoms with Gasteiger partial charge in [0.1, 0.15) is 0 Å². The molecule has 15 nitrogen and oxygen atoms in total. The molecular weight excluding hydrogens is 458 g/mol. The molecule has 0 radical (unpaired) electrons. The topological polar surface area (TPSA) is 202 Å². The fraction of sp³-hybridized carbons (Fsp3) is 0.400. The largest absolute Gasteiger partial charge is 0.493 e. The van der Waals surface area contributed by atoms with Crippen molar-refractivity contribution < 1.29 is 10.2 Å². The van der Waals surface area contributed by atoms with Gasteiger partial charge in [0.15, 0.2) is 5.95 Å². The quantitative estimate of drug-likeness (QED) is 0.264. The van der Waals surface area contributed by atoms with Crippen molar-refractivity contribution in [2.45, 2.75) is 51.9 Å². The molecular formula is C20H27N11O4. The summed E-state index contributed by atoms with van der Waals surface area (Å²) in [5.41, 5.74) is 4.66. The number of rotatable bonds is 2. The summed E-state index contributed by atoms with van der Waals surface area (Å²) in [6.45, 7) is 2.72. The molecule has 0 spiro atoms.